The van der Waals surface area contributed by atoms with Crippen LogP contribution in [0.3, 0.4) is 0 Å². The average molecular weight is 276 g/mol. The fourth-order valence-electron chi connectivity index (χ4n) is 1.60. The second-order valence-corrected chi connectivity index (χ2v) is 5.08. The molecule has 0 bridgehead atoms. The maximum absolute atomic E-state index is 5.58. The van der Waals surface area contributed by atoms with E-state index in [9.17, 15) is 0 Å². The number of aromatic nitrogens is 5. The van der Waals surface area contributed by atoms with Gasteiger partial charge in [0.05, 0.1) is 25.5 Å². The van der Waals surface area contributed by atoms with Crippen LogP contribution in [-0.2, 0) is 13.6 Å². The van der Waals surface area contributed by atoms with Gasteiger partial charge in [0.15, 0.2) is 5.82 Å². The average Bonchev–Trinajstić information content (AvgIpc) is 2.82. The first-order valence-electron chi connectivity index (χ1n) is 6.55. The molecule has 0 aliphatic heterocycles. The number of anilines is 1. The maximum Gasteiger partial charge on any atom is 0.234 e. The number of ether oxygens (including phenoxy) is 1. The standard InChI is InChI=1S/C13H20N6O/c1-10(2)8-20-13-6-14-5-11(17-13)18(3)7-12-15-9-16-19(12)4/h5-6,9-10H,7-8H2,1-4H3. The molecule has 0 unspecified atom stereocenters. The number of rotatable bonds is 6. The lowest BCUT2D eigenvalue weighted by atomic mass is 10.2. The molecule has 0 aliphatic rings. The van der Waals surface area contributed by atoms with Crippen molar-refractivity contribution in [2.24, 2.45) is 13.0 Å². The minimum atomic E-state index is 0.455. The Balaban J connectivity index is 2.04. The van der Waals surface area contributed by atoms with E-state index in [0.29, 0.717) is 24.9 Å². The molecular formula is C13H20N6O. The molecule has 0 fully saturated rings. The van der Waals surface area contributed by atoms with Gasteiger partial charge in [0.1, 0.15) is 12.2 Å². The fraction of sp³-hybridized carbons (Fsp3) is 0.538. The predicted octanol–water partition coefficient (Wildman–Crippen LogP) is 1.28. The first kappa shape index (κ1) is 14.2. The van der Waals surface area contributed by atoms with E-state index < -0.39 is 0 Å². The zero-order chi connectivity index (χ0) is 14.5. The molecule has 108 valence electrons. The van der Waals surface area contributed by atoms with Crippen molar-refractivity contribution >= 4 is 5.82 Å². The topological polar surface area (TPSA) is 69.0 Å². The van der Waals surface area contributed by atoms with Crippen molar-refractivity contribution in [2.75, 3.05) is 18.6 Å². The highest BCUT2D eigenvalue weighted by atomic mass is 16.5. The Hall–Kier alpha value is -2.18. The summed E-state index contributed by atoms with van der Waals surface area (Å²) in [5.41, 5.74) is 0. The van der Waals surface area contributed by atoms with E-state index in [1.54, 1.807) is 17.1 Å². The molecular weight excluding hydrogens is 256 g/mol. The summed E-state index contributed by atoms with van der Waals surface area (Å²) in [5, 5.41) is 4.05. The molecule has 20 heavy (non-hydrogen) atoms. The summed E-state index contributed by atoms with van der Waals surface area (Å²) in [6, 6.07) is 0. The van der Waals surface area contributed by atoms with Crippen LogP contribution in [0.4, 0.5) is 5.82 Å². The summed E-state index contributed by atoms with van der Waals surface area (Å²) in [7, 11) is 3.80. The van der Waals surface area contributed by atoms with Gasteiger partial charge in [-0.3, -0.25) is 9.67 Å². The first-order valence-corrected chi connectivity index (χ1v) is 6.55. The van der Waals surface area contributed by atoms with Gasteiger partial charge in [0.2, 0.25) is 5.88 Å². The van der Waals surface area contributed by atoms with Crippen LogP contribution in [0.15, 0.2) is 18.7 Å². The molecule has 0 atom stereocenters. The summed E-state index contributed by atoms with van der Waals surface area (Å²) in [5.74, 6) is 2.61. The molecule has 2 aromatic heterocycles. The minimum absolute atomic E-state index is 0.455. The van der Waals surface area contributed by atoms with Gasteiger partial charge in [-0.25, -0.2) is 4.98 Å². The first-order chi connectivity index (χ1) is 9.56. The highest BCUT2D eigenvalue weighted by Gasteiger charge is 2.09. The fourth-order valence-corrected chi connectivity index (χ4v) is 1.60. The van der Waals surface area contributed by atoms with E-state index in [1.807, 2.05) is 19.0 Å². The van der Waals surface area contributed by atoms with E-state index in [2.05, 4.69) is 33.9 Å². The smallest absolute Gasteiger partial charge is 0.234 e. The molecule has 7 nitrogen and oxygen atoms in total. The quantitative estimate of drug-likeness (QED) is 0.791. The molecule has 2 aromatic rings. The summed E-state index contributed by atoms with van der Waals surface area (Å²) in [6.45, 7) is 5.43. The van der Waals surface area contributed by atoms with Crippen LogP contribution in [0, 0.1) is 5.92 Å². The van der Waals surface area contributed by atoms with Gasteiger partial charge in [0, 0.05) is 14.1 Å². The van der Waals surface area contributed by atoms with E-state index in [4.69, 9.17) is 4.74 Å². The van der Waals surface area contributed by atoms with Crippen LogP contribution in [0.5, 0.6) is 5.88 Å². The number of hydrogen-bond donors (Lipinski definition) is 0. The molecule has 0 aliphatic carbocycles. The Morgan fingerprint density at radius 3 is 2.80 bits per heavy atom. The Bertz CT molecular complexity index is 553. The zero-order valence-corrected chi connectivity index (χ0v) is 12.3. The lowest BCUT2D eigenvalue weighted by molar-refractivity contribution is 0.260. The van der Waals surface area contributed by atoms with Crippen molar-refractivity contribution in [1.82, 2.24) is 24.7 Å². The number of nitrogens with zero attached hydrogens (tertiary/aromatic N) is 6. The van der Waals surface area contributed by atoms with Crippen molar-refractivity contribution < 1.29 is 4.74 Å². The van der Waals surface area contributed by atoms with Crippen LogP contribution < -0.4 is 9.64 Å². The summed E-state index contributed by atoms with van der Waals surface area (Å²) in [6.07, 6.45) is 4.87. The minimum Gasteiger partial charge on any atom is -0.476 e. The van der Waals surface area contributed by atoms with Gasteiger partial charge in [0.25, 0.3) is 0 Å². The molecule has 2 heterocycles. The largest absolute Gasteiger partial charge is 0.476 e. The molecule has 0 N–H and O–H groups in total. The van der Waals surface area contributed by atoms with Crippen molar-refractivity contribution in [1.29, 1.82) is 0 Å². The van der Waals surface area contributed by atoms with Crippen molar-refractivity contribution in [3.63, 3.8) is 0 Å². The normalized spacial score (nSPS) is 10.8. The Morgan fingerprint density at radius 1 is 1.35 bits per heavy atom. The molecule has 7 heteroatoms. The lowest BCUT2D eigenvalue weighted by Crippen LogP contribution is -2.21. The van der Waals surface area contributed by atoms with Crippen molar-refractivity contribution in [3.05, 3.63) is 24.5 Å². The van der Waals surface area contributed by atoms with Crippen LogP contribution >= 0.6 is 0 Å². The highest BCUT2D eigenvalue weighted by molar-refractivity contribution is 5.36. The Kier molecular flexibility index (Phi) is 4.49. The summed E-state index contributed by atoms with van der Waals surface area (Å²) in [4.78, 5) is 14.8. The van der Waals surface area contributed by atoms with Gasteiger partial charge < -0.3 is 9.64 Å². The van der Waals surface area contributed by atoms with Crippen LogP contribution in [0.25, 0.3) is 0 Å². The Labute approximate surface area is 118 Å². The number of aryl methyl sites for hydroxylation is 1. The monoisotopic (exact) mass is 276 g/mol. The van der Waals surface area contributed by atoms with E-state index in [1.165, 1.54) is 6.33 Å². The van der Waals surface area contributed by atoms with Crippen LogP contribution in [0.2, 0.25) is 0 Å². The van der Waals surface area contributed by atoms with Gasteiger partial charge in [-0.1, -0.05) is 13.8 Å². The third kappa shape index (κ3) is 3.66. The Morgan fingerprint density at radius 2 is 2.15 bits per heavy atom. The molecule has 2 rings (SSSR count). The SMILES string of the molecule is CC(C)COc1cncc(N(C)Cc2ncnn2C)n1. The summed E-state index contributed by atoms with van der Waals surface area (Å²) < 4.78 is 7.32. The van der Waals surface area contributed by atoms with Crippen LogP contribution in [0.1, 0.15) is 19.7 Å². The predicted molar refractivity (Wildman–Crippen MR) is 75.5 cm³/mol. The third-order valence-electron chi connectivity index (χ3n) is 2.74. The maximum atomic E-state index is 5.58. The molecule has 0 saturated heterocycles. The van der Waals surface area contributed by atoms with Gasteiger partial charge in [-0.15, -0.1) is 0 Å². The van der Waals surface area contributed by atoms with E-state index in [-0.39, 0.29) is 0 Å². The summed E-state index contributed by atoms with van der Waals surface area (Å²) >= 11 is 0. The van der Waals surface area contributed by atoms with E-state index >= 15 is 0 Å². The molecule has 0 saturated carbocycles. The highest BCUT2D eigenvalue weighted by Crippen LogP contribution is 2.14. The molecule has 0 amide bonds. The van der Waals surface area contributed by atoms with Crippen LogP contribution in [-0.4, -0.2) is 38.4 Å². The number of hydrogen-bond acceptors (Lipinski definition) is 6. The molecule has 0 aromatic carbocycles. The molecule has 0 spiro atoms. The second-order valence-electron chi connectivity index (χ2n) is 5.08. The van der Waals surface area contributed by atoms with E-state index in [0.717, 1.165) is 11.6 Å². The second kappa shape index (κ2) is 6.31. The zero-order valence-electron chi connectivity index (χ0n) is 12.3. The van der Waals surface area contributed by atoms with Crippen molar-refractivity contribution in [2.45, 2.75) is 20.4 Å². The van der Waals surface area contributed by atoms with Gasteiger partial charge >= 0.3 is 0 Å². The molecule has 0 radical (unpaired) electrons. The van der Waals surface area contributed by atoms with Gasteiger partial charge in [-0.05, 0) is 5.92 Å². The lowest BCUT2D eigenvalue weighted by Gasteiger charge is -2.17. The third-order valence-corrected chi connectivity index (χ3v) is 2.74. The van der Waals surface area contributed by atoms with Gasteiger partial charge in [-0.2, -0.15) is 10.1 Å². The van der Waals surface area contributed by atoms with Crippen molar-refractivity contribution in [3.8, 4) is 5.88 Å².